The maximum atomic E-state index is 12.3. The smallest absolute Gasteiger partial charge is 0.247 e. The van der Waals surface area contributed by atoms with Crippen LogP contribution >= 0.6 is 0 Å². The van der Waals surface area contributed by atoms with E-state index in [1.807, 2.05) is 13.8 Å². The van der Waals surface area contributed by atoms with Crippen LogP contribution in [0, 0.1) is 0 Å². The Morgan fingerprint density at radius 3 is 2.79 bits per heavy atom. The fourth-order valence-electron chi connectivity index (χ4n) is 2.46. The second kappa shape index (κ2) is 5.97. The topological polar surface area (TPSA) is 78.1 Å². The highest BCUT2D eigenvalue weighted by atomic mass is 16.2. The highest BCUT2D eigenvalue weighted by Crippen LogP contribution is 2.20. The molecule has 104 valence electrons. The predicted octanol–water partition coefficient (Wildman–Crippen LogP) is 0.815. The lowest BCUT2D eigenvalue weighted by molar-refractivity contribution is -0.141. The van der Waals surface area contributed by atoms with Crippen molar-refractivity contribution in [3.05, 3.63) is 18.2 Å². The summed E-state index contributed by atoms with van der Waals surface area (Å²) in [5, 5.41) is 3.11. The average Bonchev–Trinajstić information content (AvgIpc) is 3.00. The number of carbonyl (C=O) groups is 2. The highest BCUT2D eigenvalue weighted by Gasteiger charge is 2.40. The first kappa shape index (κ1) is 13.7. The second-order valence-corrected chi connectivity index (χ2v) is 4.79. The molecule has 1 aromatic heterocycles. The molecule has 2 N–H and O–H groups in total. The van der Waals surface area contributed by atoms with Gasteiger partial charge in [0.2, 0.25) is 11.8 Å². The summed E-state index contributed by atoms with van der Waals surface area (Å²) in [5.41, 5.74) is 0.904. The van der Waals surface area contributed by atoms with Crippen LogP contribution in [0.25, 0.3) is 0 Å². The normalized spacial score (nSPS) is 19.7. The lowest BCUT2D eigenvalue weighted by Crippen LogP contribution is -2.43. The number of nitrogens with one attached hydrogen (secondary N) is 2. The molecule has 1 atom stereocenters. The van der Waals surface area contributed by atoms with Crippen molar-refractivity contribution < 1.29 is 9.59 Å². The number of nitrogens with zero attached hydrogens (tertiary/aromatic N) is 2. The van der Waals surface area contributed by atoms with Gasteiger partial charge in [-0.05, 0) is 12.8 Å². The van der Waals surface area contributed by atoms with E-state index in [0.29, 0.717) is 6.54 Å². The van der Waals surface area contributed by atoms with E-state index in [2.05, 4.69) is 15.3 Å². The van der Waals surface area contributed by atoms with Gasteiger partial charge in [-0.25, -0.2) is 4.98 Å². The van der Waals surface area contributed by atoms with Gasteiger partial charge in [0.25, 0.3) is 0 Å². The Hall–Kier alpha value is -1.69. The fraction of sp³-hybridized carbons (Fsp3) is 0.615. The first-order valence-corrected chi connectivity index (χ1v) is 6.73. The lowest BCUT2D eigenvalue weighted by atomic mass is 10.1. The number of rotatable bonds is 6. The summed E-state index contributed by atoms with van der Waals surface area (Å²) < 4.78 is 0. The Balaban J connectivity index is 1.97. The number of imidazole rings is 1. The molecule has 1 aliphatic rings. The van der Waals surface area contributed by atoms with Gasteiger partial charge in [-0.1, -0.05) is 13.8 Å². The molecule has 6 heteroatoms. The quantitative estimate of drug-likeness (QED) is 0.745. The van der Waals surface area contributed by atoms with Crippen LogP contribution in [0.3, 0.4) is 0 Å². The van der Waals surface area contributed by atoms with Crippen molar-refractivity contribution in [1.29, 1.82) is 0 Å². The first-order chi connectivity index (χ1) is 9.17. The SMILES string of the molecule is CCC(CC)N1C(=O)CC(NCc2cnc[nH]2)C1=O. The molecule has 1 unspecified atom stereocenters. The third kappa shape index (κ3) is 2.84. The number of aromatic amines is 1. The summed E-state index contributed by atoms with van der Waals surface area (Å²) in [4.78, 5) is 32.5. The Labute approximate surface area is 112 Å². The zero-order valence-electron chi connectivity index (χ0n) is 11.3. The van der Waals surface area contributed by atoms with Crippen LogP contribution in [0.4, 0.5) is 0 Å². The molecule has 0 bridgehead atoms. The van der Waals surface area contributed by atoms with Crippen LogP contribution in [0.2, 0.25) is 0 Å². The Bertz CT molecular complexity index is 440. The van der Waals surface area contributed by atoms with Gasteiger partial charge in [-0.3, -0.25) is 19.8 Å². The third-order valence-electron chi connectivity index (χ3n) is 3.58. The number of imide groups is 1. The molecular formula is C13H20N4O2. The largest absolute Gasteiger partial charge is 0.347 e. The third-order valence-corrected chi connectivity index (χ3v) is 3.58. The fourth-order valence-corrected chi connectivity index (χ4v) is 2.46. The van der Waals surface area contributed by atoms with E-state index in [1.165, 1.54) is 4.90 Å². The van der Waals surface area contributed by atoms with Crippen LogP contribution in [0.1, 0.15) is 38.8 Å². The molecular weight excluding hydrogens is 244 g/mol. The Kier molecular flexibility index (Phi) is 4.31. The van der Waals surface area contributed by atoms with E-state index < -0.39 is 6.04 Å². The number of hydrogen-bond acceptors (Lipinski definition) is 4. The first-order valence-electron chi connectivity index (χ1n) is 6.73. The summed E-state index contributed by atoms with van der Waals surface area (Å²) in [6.45, 7) is 4.51. The minimum atomic E-state index is -0.406. The van der Waals surface area contributed by atoms with Crippen molar-refractivity contribution >= 4 is 11.8 Å². The maximum Gasteiger partial charge on any atom is 0.247 e. The van der Waals surface area contributed by atoms with Crippen molar-refractivity contribution in [2.24, 2.45) is 0 Å². The van der Waals surface area contributed by atoms with Gasteiger partial charge in [-0.15, -0.1) is 0 Å². The molecule has 0 saturated carbocycles. The standard InChI is InChI=1S/C13H20N4O2/c1-3-10(4-2)17-12(18)5-11(13(17)19)15-7-9-6-14-8-16-9/h6,8,10-11,15H,3-5,7H2,1-2H3,(H,14,16). The summed E-state index contributed by atoms with van der Waals surface area (Å²) in [5.74, 6) is -0.168. The average molecular weight is 264 g/mol. The van der Waals surface area contributed by atoms with Crippen molar-refractivity contribution in [3.63, 3.8) is 0 Å². The molecule has 1 aromatic rings. The van der Waals surface area contributed by atoms with Gasteiger partial charge < -0.3 is 4.98 Å². The van der Waals surface area contributed by atoms with Gasteiger partial charge in [0.05, 0.1) is 18.8 Å². The van der Waals surface area contributed by atoms with Crippen LogP contribution in [-0.2, 0) is 16.1 Å². The molecule has 0 aromatic carbocycles. The number of H-pyrrole nitrogens is 1. The molecule has 0 aliphatic carbocycles. The van der Waals surface area contributed by atoms with Crippen molar-refractivity contribution in [2.45, 2.75) is 51.7 Å². The van der Waals surface area contributed by atoms with Gasteiger partial charge in [-0.2, -0.15) is 0 Å². The predicted molar refractivity (Wildman–Crippen MR) is 70.1 cm³/mol. The van der Waals surface area contributed by atoms with Gasteiger partial charge >= 0.3 is 0 Å². The molecule has 19 heavy (non-hydrogen) atoms. The van der Waals surface area contributed by atoms with Crippen LogP contribution in [0.5, 0.6) is 0 Å². The zero-order valence-corrected chi connectivity index (χ0v) is 11.3. The summed E-state index contributed by atoms with van der Waals surface area (Å²) in [7, 11) is 0. The lowest BCUT2D eigenvalue weighted by Gasteiger charge is -2.24. The van der Waals surface area contributed by atoms with E-state index >= 15 is 0 Å². The number of carbonyl (C=O) groups excluding carboxylic acids is 2. The van der Waals surface area contributed by atoms with Gasteiger partial charge in [0.15, 0.2) is 0 Å². The van der Waals surface area contributed by atoms with Crippen molar-refractivity contribution in [1.82, 2.24) is 20.2 Å². The van der Waals surface area contributed by atoms with E-state index in [4.69, 9.17) is 0 Å². The summed E-state index contributed by atoms with van der Waals surface area (Å²) in [6, 6.07) is -0.379. The number of likely N-dealkylation sites (tertiary alicyclic amines) is 1. The monoisotopic (exact) mass is 264 g/mol. The van der Waals surface area contributed by atoms with Gasteiger partial charge in [0, 0.05) is 24.5 Å². The van der Waals surface area contributed by atoms with Crippen molar-refractivity contribution in [2.75, 3.05) is 0 Å². The number of amides is 2. The molecule has 2 amide bonds. The molecule has 1 fully saturated rings. The van der Waals surface area contributed by atoms with E-state index in [1.54, 1.807) is 12.5 Å². The molecule has 1 aliphatic heterocycles. The summed E-state index contributed by atoms with van der Waals surface area (Å²) >= 11 is 0. The second-order valence-electron chi connectivity index (χ2n) is 4.79. The van der Waals surface area contributed by atoms with E-state index in [0.717, 1.165) is 18.5 Å². The molecule has 1 saturated heterocycles. The number of aromatic nitrogens is 2. The molecule has 0 spiro atoms. The van der Waals surface area contributed by atoms with E-state index in [9.17, 15) is 9.59 Å². The number of hydrogen-bond donors (Lipinski definition) is 2. The zero-order chi connectivity index (χ0) is 13.8. The van der Waals surface area contributed by atoms with Gasteiger partial charge in [0.1, 0.15) is 0 Å². The van der Waals surface area contributed by atoms with E-state index in [-0.39, 0.29) is 24.3 Å². The Morgan fingerprint density at radius 2 is 2.21 bits per heavy atom. The summed E-state index contributed by atoms with van der Waals surface area (Å²) in [6.07, 6.45) is 5.16. The minimum Gasteiger partial charge on any atom is -0.347 e. The van der Waals surface area contributed by atoms with Crippen LogP contribution < -0.4 is 5.32 Å². The highest BCUT2D eigenvalue weighted by molar-refractivity contribution is 6.05. The molecule has 6 nitrogen and oxygen atoms in total. The molecule has 2 rings (SSSR count). The van der Waals surface area contributed by atoms with Crippen molar-refractivity contribution in [3.8, 4) is 0 Å². The Morgan fingerprint density at radius 1 is 1.47 bits per heavy atom. The van der Waals surface area contributed by atoms with Crippen LogP contribution in [-0.4, -0.2) is 38.8 Å². The molecule has 2 heterocycles. The minimum absolute atomic E-state index is 0.0268. The maximum absolute atomic E-state index is 12.3. The molecule has 0 radical (unpaired) electrons. The van der Waals surface area contributed by atoms with Crippen LogP contribution in [0.15, 0.2) is 12.5 Å².